The molecule has 1 atom stereocenters. The van der Waals surface area contributed by atoms with Crippen molar-refractivity contribution in [3.63, 3.8) is 0 Å². The van der Waals surface area contributed by atoms with Gasteiger partial charge in [0.2, 0.25) is 5.95 Å². The molecule has 3 rings (SSSR count). The lowest BCUT2D eigenvalue weighted by atomic mass is 10.1. The van der Waals surface area contributed by atoms with Crippen molar-refractivity contribution in [3.05, 3.63) is 40.8 Å². The van der Waals surface area contributed by atoms with E-state index in [-0.39, 0.29) is 30.0 Å². The highest BCUT2D eigenvalue weighted by atomic mass is 127. The highest BCUT2D eigenvalue weighted by molar-refractivity contribution is 14.0. The monoisotopic (exact) mass is 487 g/mol. The first-order valence-corrected chi connectivity index (χ1v) is 9.35. The third-order valence-electron chi connectivity index (χ3n) is 4.42. The third-order valence-corrected chi connectivity index (χ3v) is 5.12. The van der Waals surface area contributed by atoms with Crippen molar-refractivity contribution in [2.24, 2.45) is 10.7 Å². The minimum Gasteiger partial charge on any atom is -0.370 e. The summed E-state index contributed by atoms with van der Waals surface area (Å²) in [6, 6.07) is 4.24. The van der Waals surface area contributed by atoms with Crippen LogP contribution in [-0.4, -0.2) is 72.5 Å². The van der Waals surface area contributed by atoms with Gasteiger partial charge in [0.25, 0.3) is 0 Å². The van der Waals surface area contributed by atoms with E-state index in [1.807, 2.05) is 6.07 Å². The number of likely N-dealkylation sites (N-methyl/N-ethyl adjacent to an activating group) is 1. The molecule has 3 heterocycles. The molecule has 0 aliphatic carbocycles. The zero-order valence-corrected chi connectivity index (χ0v) is 18.3. The van der Waals surface area contributed by atoms with Crippen molar-refractivity contribution in [3.8, 4) is 0 Å². The lowest BCUT2D eigenvalue weighted by molar-refractivity contribution is 0.304. The zero-order chi connectivity index (χ0) is 17.6. The summed E-state index contributed by atoms with van der Waals surface area (Å²) in [6.45, 7) is 4.03. The zero-order valence-electron chi connectivity index (χ0n) is 15.2. The molecule has 0 spiro atoms. The van der Waals surface area contributed by atoms with E-state index < -0.39 is 0 Å². The Morgan fingerprint density at radius 2 is 1.96 bits per heavy atom. The summed E-state index contributed by atoms with van der Waals surface area (Å²) in [5.41, 5.74) is 7.53. The van der Waals surface area contributed by atoms with E-state index in [0.29, 0.717) is 12.5 Å². The quantitative estimate of drug-likeness (QED) is 0.395. The molecule has 0 saturated carbocycles. The fourth-order valence-corrected chi connectivity index (χ4v) is 3.61. The van der Waals surface area contributed by atoms with Crippen LogP contribution in [0, 0.1) is 0 Å². The van der Waals surface area contributed by atoms with Crippen LogP contribution >= 0.6 is 35.3 Å². The van der Waals surface area contributed by atoms with Crippen molar-refractivity contribution >= 4 is 47.2 Å². The van der Waals surface area contributed by atoms with Crippen molar-refractivity contribution < 1.29 is 0 Å². The Kier molecular flexibility index (Phi) is 8.04. The van der Waals surface area contributed by atoms with Gasteiger partial charge in [0.05, 0.1) is 12.6 Å². The van der Waals surface area contributed by atoms with E-state index in [9.17, 15) is 0 Å². The maximum absolute atomic E-state index is 6.24. The molecule has 1 saturated heterocycles. The Labute approximate surface area is 176 Å². The minimum atomic E-state index is 0. The first-order chi connectivity index (χ1) is 12.1. The number of aromatic nitrogens is 2. The highest BCUT2D eigenvalue weighted by Crippen LogP contribution is 2.21. The second-order valence-corrected chi connectivity index (χ2v) is 7.04. The van der Waals surface area contributed by atoms with Gasteiger partial charge in [-0.3, -0.25) is 4.99 Å². The lowest BCUT2D eigenvalue weighted by Crippen LogP contribution is -2.51. The molecule has 7 nitrogen and oxygen atoms in total. The van der Waals surface area contributed by atoms with Gasteiger partial charge in [0, 0.05) is 38.6 Å². The van der Waals surface area contributed by atoms with Crippen LogP contribution in [0.15, 0.2) is 40.3 Å². The second-order valence-electron chi connectivity index (χ2n) is 6.26. The number of hydrogen-bond acceptors (Lipinski definition) is 6. The summed E-state index contributed by atoms with van der Waals surface area (Å²) in [6.07, 6.45) is 3.55. The number of nitrogens with zero attached hydrogens (tertiary/aromatic N) is 6. The standard InChI is InChI=1S/C17H25N7S.HI/c1-22(2)15(14-4-11-25-13-14)12-21-16(18)23-7-9-24(10-8-23)17-19-5-3-6-20-17;/h3-6,11,13,15H,7-10,12H2,1-2H3,(H2,18,21);1H. The largest absolute Gasteiger partial charge is 0.370 e. The molecular formula is C17H26IN7S. The van der Waals surface area contributed by atoms with Gasteiger partial charge in [-0.05, 0) is 42.6 Å². The third kappa shape index (κ3) is 5.27. The Hall–Kier alpha value is -1.46. The minimum absolute atomic E-state index is 0. The molecule has 9 heteroatoms. The molecule has 1 fully saturated rings. The lowest BCUT2D eigenvalue weighted by Gasteiger charge is -2.35. The smallest absolute Gasteiger partial charge is 0.225 e. The summed E-state index contributed by atoms with van der Waals surface area (Å²) >= 11 is 1.71. The molecule has 26 heavy (non-hydrogen) atoms. The molecule has 2 aromatic rings. The van der Waals surface area contributed by atoms with Crippen LogP contribution in [0.1, 0.15) is 11.6 Å². The summed E-state index contributed by atoms with van der Waals surface area (Å²) in [5, 5.41) is 4.28. The fourth-order valence-electron chi connectivity index (χ4n) is 2.90. The van der Waals surface area contributed by atoms with Gasteiger partial charge in [-0.25, -0.2) is 9.97 Å². The molecule has 142 valence electrons. The Morgan fingerprint density at radius 1 is 1.27 bits per heavy atom. The number of aliphatic imine (C=N–C) groups is 1. The van der Waals surface area contributed by atoms with Crippen molar-refractivity contribution in [1.29, 1.82) is 0 Å². The number of halogens is 1. The molecule has 0 radical (unpaired) electrons. The van der Waals surface area contributed by atoms with E-state index in [1.165, 1.54) is 5.56 Å². The SMILES string of the molecule is CN(C)C(CN=C(N)N1CCN(c2ncccn2)CC1)c1ccsc1.I. The molecule has 0 aromatic carbocycles. The summed E-state index contributed by atoms with van der Waals surface area (Å²) in [5.74, 6) is 1.40. The van der Waals surface area contributed by atoms with E-state index in [1.54, 1.807) is 23.7 Å². The predicted octanol–water partition coefficient (Wildman–Crippen LogP) is 1.90. The summed E-state index contributed by atoms with van der Waals surface area (Å²) in [4.78, 5) is 19.8. The van der Waals surface area contributed by atoms with Gasteiger partial charge in [0.15, 0.2) is 5.96 Å². The first-order valence-electron chi connectivity index (χ1n) is 8.40. The number of thiophene rings is 1. The van der Waals surface area contributed by atoms with Crippen LogP contribution in [0.5, 0.6) is 0 Å². The molecular weight excluding hydrogens is 461 g/mol. The van der Waals surface area contributed by atoms with Crippen LogP contribution in [0.25, 0.3) is 0 Å². The maximum atomic E-state index is 6.24. The Balaban J connectivity index is 0.00000243. The Bertz CT molecular complexity index is 670. The second kappa shape index (κ2) is 10.0. The number of guanidine groups is 1. The van der Waals surface area contributed by atoms with Crippen LogP contribution in [0.3, 0.4) is 0 Å². The molecule has 1 aliphatic rings. The average molecular weight is 487 g/mol. The van der Waals surface area contributed by atoms with E-state index in [2.05, 4.69) is 60.6 Å². The van der Waals surface area contributed by atoms with Crippen molar-refractivity contribution in [2.45, 2.75) is 6.04 Å². The normalized spacial score (nSPS) is 16.5. The van der Waals surface area contributed by atoms with Gasteiger partial charge in [-0.2, -0.15) is 11.3 Å². The molecule has 2 aromatic heterocycles. The van der Waals surface area contributed by atoms with Crippen LogP contribution in [0.4, 0.5) is 5.95 Å². The van der Waals surface area contributed by atoms with Crippen LogP contribution < -0.4 is 10.6 Å². The number of hydrogen-bond donors (Lipinski definition) is 1. The van der Waals surface area contributed by atoms with Gasteiger partial charge >= 0.3 is 0 Å². The van der Waals surface area contributed by atoms with Crippen molar-refractivity contribution in [2.75, 3.05) is 51.7 Å². The average Bonchev–Trinajstić information content (AvgIpc) is 3.16. The maximum Gasteiger partial charge on any atom is 0.225 e. The van der Waals surface area contributed by atoms with E-state index >= 15 is 0 Å². The van der Waals surface area contributed by atoms with E-state index in [4.69, 9.17) is 5.73 Å². The van der Waals surface area contributed by atoms with Crippen LogP contribution in [0.2, 0.25) is 0 Å². The van der Waals surface area contributed by atoms with Crippen molar-refractivity contribution in [1.82, 2.24) is 19.8 Å². The number of piperazine rings is 1. The Morgan fingerprint density at radius 3 is 2.54 bits per heavy atom. The molecule has 1 aliphatic heterocycles. The molecule has 2 N–H and O–H groups in total. The van der Waals surface area contributed by atoms with Gasteiger partial charge in [-0.1, -0.05) is 0 Å². The molecule has 0 bridgehead atoms. The summed E-state index contributed by atoms with van der Waals surface area (Å²) in [7, 11) is 4.15. The van der Waals surface area contributed by atoms with E-state index in [0.717, 1.165) is 32.1 Å². The van der Waals surface area contributed by atoms with Gasteiger partial charge in [-0.15, -0.1) is 24.0 Å². The number of nitrogens with two attached hydrogens (primary N) is 1. The first kappa shape index (κ1) is 20.8. The molecule has 0 amide bonds. The summed E-state index contributed by atoms with van der Waals surface area (Å²) < 4.78 is 0. The fraction of sp³-hybridized carbons (Fsp3) is 0.471. The number of anilines is 1. The highest BCUT2D eigenvalue weighted by Gasteiger charge is 2.20. The van der Waals surface area contributed by atoms with Gasteiger partial charge < -0.3 is 20.4 Å². The van der Waals surface area contributed by atoms with Crippen LogP contribution in [-0.2, 0) is 0 Å². The van der Waals surface area contributed by atoms with Gasteiger partial charge in [0.1, 0.15) is 0 Å². The topological polar surface area (TPSA) is 73.9 Å². The predicted molar refractivity (Wildman–Crippen MR) is 118 cm³/mol. The molecule has 1 unspecified atom stereocenters. The number of rotatable bonds is 5.